The van der Waals surface area contributed by atoms with Gasteiger partial charge in [-0.25, -0.2) is 0 Å². The molecule has 2 fully saturated rings. The molecule has 88 valence electrons. The van der Waals surface area contributed by atoms with Crippen LogP contribution < -0.4 is 5.73 Å². The van der Waals surface area contributed by atoms with E-state index < -0.39 is 0 Å². The van der Waals surface area contributed by atoms with Gasteiger partial charge in [0.15, 0.2) is 0 Å². The largest absolute Gasteiger partial charge is 0.327 e. The van der Waals surface area contributed by atoms with E-state index in [1.165, 1.54) is 38.9 Å². The van der Waals surface area contributed by atoms with Crippen molar-refractivity contribution in [2.24, 2.45) is 11.7 Å². The molecular weight excluding hydrogens is 186 g/mol. The third kappa shape index (κ3) is 2.71. The standard InChI is InChI=1S/C12H25N3/c1-10-8-14(2)7-5-12(10)15-6-3-4-11(13)9-15/h10-12H,3-9,13H2,1-2H3. The molecule has 0 amide bonds. The van der Waals surface area contributed by atoms with Crippen molar-refractivity contribution in [2.45, 2.75) is 38.3 Å². The number of likely N-dealkylation sites (tertiary alicyclic amines) is 2. The van der Waals surface area contributed by atoms with Crippen molar-refractivity contribution in [1.82, 2.24) is 9.80 Å². The van der Waals surface area contributed by atoms with Crippen molar-refractivity contribution in [1.29, 1.82) is 0 Å². The molecule has 3 heteroatoms. The second kappa shape index (κ2) is 4.81. The Morgan fingerprint density at radius 2 is 1.93 bits per heavy atom. The molecule has 3 atom stereocenters. The van der Waals surface area contributed by atoms with Crippen LogP contribution in [0, 0.1) is 5.92 Å². The maximum absolute atomic E-state index is 6.05. The Bertz CT molecular complexity index is 207. The molecule has 0 bridgehead atoms. The van der Waals surface area contributed by atoms with E-state index in [-0.39, 0.29) is 0 Å². The summed E-state index contributed by atoms with van der Waals surface area (Å²) in [6.45, 7) is 7.28. The van der Waals surface area contributed by atoms with Crippen LogP contribution in [-0.2, 0) is 0 Å². The smallest absolute Gasteiger partial charge is 0.0168 e. The Labute approximate surface area is 93.6 Å². The fourth-order valence-corrected chi connectivity index (χ4v) is 3.23. The van der Waals surface area contributed by atoms with Gasteiger partial charge in [-0.05, 0) is 45.3 Å². The number of hydrogen-bond donors (Lipinski definition) is 1. The zero-order chi connectivity index (χ0) is 10.8. The van der Waals surface area contributed by atoms with Crippen LogP contribution in [0.15, 0.2) is 0 Å². The van der Waals surface area contributed by atoms with Gasteiger partial charge in [-0.3, -0.25) is 4.90 Å². The summed E-state index contributed by atoms with van der Waals surface area (Å²) in [6.07, 6.45) is 3.84. The maximum Gasteiger partial charge on any atom is 0.0168 e. The fraction of sp³-hybridized carbons (Fsp3) is 1.00. The zero-order valence-corrected chi connectivity index (χ0v) is 10.2. The van der Waals surface area contributed by atoms with E-state index in [0.717, 1.165) is 18.5 Å². The van der Waals surface area contributed by atoms with Gasteiger partial charge in [0, 0.05) is 25.2 Å². The molecule has 2 N–H and O–H groups in total. The average Bonchev–Trinajstić information content (AvgIpc) is 2.17. The minimum absolute atomic E-state index is 0.422. The van der Waals surface area contributed by atoms with E-state index in [4.69, 9.17) is 5.73 Å². The number of nitrogens with two attached hydrogens (primary N) is 1. The molecule has 3 unspecified atom stereocenters. The highest BCUT2D eigenvalue weighted by Crippen LogP contribution is 2.23. The molecule has 0 spiro atoms. The van der Waals surface area contributed by atoms with Gasteiger partial charge in [0.2, 0.25) is 0 Å². The Balaban J connectivity index is 1.91. The predicted octanol–water partition coefficient (Wildman–Crippen LogP) is 0.750. The first-order chi connectivity index (χ1) is 7.16. The lowest BCUT2D eigenvalue weighted by Gasteiger charge is -2.44. The summed E-state index contributed by atoms with van der Waals surface area (Å²) in [5, 5.41) is 0. The molecule has 2 aliphatic rings. The molecule has 3 nitrogen and oxygen atoms in total. The molecule has 2 heterocycles. The number of rotatable bonds is 1. The van der Waals surface area contributed by atoms with Crippen molar-refractivity contribution in [3.8, 4) is 0 Å². The van der Waals surface area contributed by atoms with Gasteiger partial charge in [-0.1, -0.05) is 6.92 Å². The normalized spacial score (nSPS) is 40.6. The van der Waals surface area contributed by atoms with Gasteiger partial charge in [0.1, 0.15) is 0 Å². The van der Waals surface area contributed by atoms with E-state index >= 15 is 0 Å². The summed E-state index contributed by atoms with van der Waals surface area (Å²) in [7, 11) is 2.23. The molecule has 2 aliphatic heterocycles. The number of piperidine rings is 2. The lowest BCUT2D eigenvalue weighted by molar-refractivity contribution is 0.0561. The first-order valence-electron chi connectivity index (χ1n) is 6.35. The van der Waals surface area contributed by atoms with Crippen molar-refractivity contribution in [3.05, 3.63) is 0 Å². The Morgan fingerprint density at radius 1 is 1.13 bits per heavy atom. The van der Waals surface area contributed by atoms with Crippen molar-refractivity contribution >= 4 is 0 Å². The van der Waals surface area contributed by atoms with Gasteiger partial charge in [0.25, 0.3) is 0 Å². The first-order valence-corrected chi connectivity index (χ1v) is 6.35. The Morgan fingerprint density at radius 3 is 2.60 bits per heavy atom. The third-order valence-electron chi connectivity index (χ3n) is 4.02. The van der Waals surface area contributed by atoms with Crippen LogP contribution in [0.4, 0.5) is 0 Å². The molecular formula is C12H25N3. The third-order valence-corrected chi connectivity index (χ3v) is 4.02. The van der Waals surface area contributed by atoms with Crippen LogP contribution in [0.25, 0.3) is 0 Å². The van der Waals surface area contributed by atoms with Crippen LogP contribution in [0.1, 0.15) is 26.2 Å². The predicted molar refractivity (Wildman–Crippen MR) is 63.8 cm³/mol. The molecule has 15 heavy (non-hydrogen) atoms. The van der Waals surface area contributed by atoms with Crippen molar-refractivity contribution in [2.75, 3.05) is 33.2 Å². The van der Waals surface area contributed by atoms with Crippen molar-refractivity contribution < 1.29 is 0 Å². The SMILES string of the molecule is CC1CN(C)CCC1N1CCCC(N)C1. The van der Waals surface area contributed by atoms with Gasteiger partial charge >= 0.3 is 0 Å². The summed E-state index contributed by atoms with van der Waals surface area (Å²) in [5.74, 6) is 0.800. The molecule has 2 rings (SSSR count). The first kappa shape index (κ1) is 11.4. The van der Waals surface area contributed by atoms with Crippen LogP contribution in [0.2, 0.25) is 0 Å². The van der Waals surface area contributed by atoms with Gasteiger partial charge < -0.3 is 10.6 Å². The molecule has 0 aliphatic carbocycles. The fourth-order valence-electron chi connectivity index (χ4n) is 3.23. The monoisotopic (exact) mass is 211 g/mol. The number of nitrogens with zero attached hydrogens (tertiary/aromatic N) is 2. The maximum atomic E-state index is 6.05. The zero-order valence-electron chi connectivity index (χ0n) is 10.2. The summed E-state index contributed by atoms with van der Waals surface area (Å²) in [4.78, 5) is 5.09. The Hall–Kier alpha value is -0.120. The molecule has 2 saturated heterocycles. The van der Waals surface area contributed by atoms with E-state index in [9.17, 15) is 0 Å². The Kier molecular flexibility index (Phi) is 3.65. The van der Waals surface area contributed by atoms with Crippen LogP contribution >= 0.6 is 0 Å². The lowest BCUT2D eigenvalue weighted by Crippen LogP contribution is -2.54. The van der Waals surface area contributed by atoms with Gasteiger partial charge in [-0.15, -0.1) is 0 Å². The van der Waals surface area contributed by atoms with Gasteiger partial charge in [0.05, 0.1) is 0 Å². The summed E-state index contributed by atoms with van der Waals surface area (Å²) < 4.78 is 0. The van der Waals surface area contributed by atoms with Crippen LogP contribution in [0.5, 0.6) is 0 Å². The molecule has 0 radical (unpaired) electrons. The second-order valence-corrected chi connectivity index (χ2v) is 5.49. The van der Waals surface area contributed by atoms with Crippen molar-refractivity contribution in [3.63, 3.8) is 0 Å². The van der Waals surface area contributed by atoms with Gasteiger partial charge in [-0.2, -0.15) is 0 Å². The van der Waals surface area contributed by atoms with E-state index in [2.05, 4.69) is 23.8 Å². The quantitative estimate of drug-likeness (QED) is 0.695. The summed E-state index contributed by atoms with van der Waals surface area (Å²) in [5.41, 5.74) is 6.05. The highest BCUT2D eigenvalue weighted by atomic mass is 15.2. The van der Waals surface area contributed by atoms with E-state index in [1.54, 1.807) is 0 Å². The highest BCUT2D eigenvalue weighted by molar-refractivity contribution is 4.87. The molecule has 0 aromatic carbocycles. The summed E-state index contributed by atoms with van der Waals surface area (Å²) in [6, 6.07) is 1.21. The molecule has 0 aromatic rings. The van der Waals surface area contributed by atoms with E-state index in [1.807, 2.05) is 0 Å². The van der Waals surface area contributed by atoms with Crippen LogP contribution in [0.3, 0.4) is 0 Å². The average molecular weight is 211 g/mol. The van der Waals surface area contributed by atoms with E-state index in [0.29, 0.717) is 6.04 Å². The van der Waals surface area contributed by atoms with Crippen LogP contribution in [-0.4, -0.2) is 55.1 Å². The second-order valence-electron chi connectivity index (χ2n) is 5.49. The molecule has 0 saturated carbocycles. The summed E-state index contributed by atoms with van der Waals surface area (Å²) >= 11 is 0. The number of hydrogen-bond acceptors (Lipinski definition) is 3. The molecule has 0 aromatic heterocycles. The minimum atomic E-state index is 0.422. The highest BCUT2D eigenvalue weighted by Gasteiger charge is 2.31. The minimum Gasteiger partial charge on any atom is -0.327 e. The lowest BCUT2D eigenvalue weighted by atomic mass is 9.90. The topological polar surface area (TPSA) is 32.5 Å².